The summed E-state index contributed by atoms with van der Waals surface area (Å²) >= 11 is 0. The van der Waals surface area contributed by atoms with E-state index in [-0.39, 0.29) is 11.2 Å². The van der Waals surface area contributed by atoms with Gasteiger partial charge < -0.3 is 0 Å². The number of nitrogens with zero attached hydrogens (tertiary/aromatic N) is 4. The molecule has 94 valence electrons. The molecule has 2 heterocycles. The van der Waals surface area contributed by atoms with Crippen LogP contribution in [-0.2, 0) is 26.9 Å². The van der Waals surface area contributed by atoms with Crippen LogP contribution in [0.2, 0.25) is 0 Å². The Labute approximate surface area is 103 Å². The third-order valence-corrected chi connectivity index (χ3v) is 3.51. The van der Waals surface area contributed by atoms with E-state index >= 15 is 0 Å². The quantitative estimate of drug-likeness (QED) is 0.651. The van der Waals surface area contributed by atoms with Gasteiger partial charge >= 0.3 is 5.69 Å². The Morgan fingerprint density at radius 3 is 2.22 bits per heavy atom. The van der Waals surface area contributed by atoms with Crippen molar-refractivity contribution in [3.63, 3.8) is 0 Å². The van der Waals surface area contributed by atoms with Gasteiger partial charge in [0, 0.05) is 14.1 Å². The number of hydrogen-bond donors (Lipinski definition) is 0. The highest BCUT2D eigenvalue weighted by Crippen LogP contribution is 2.18. The Kier molecular flexibility index (Phi) is 2.33. The molecule has 2 aromatic rings. The molecule has 18 heavy (non-hydrogen) atoms. The summed E-state index contributed by atoms with van der Waals surface area (Å²) in [5.41, 5.74) is 1.79. The molecule has 0 atom stereocenters. The van der Waals surface area contributed by atoms with Gasteiger partial charge in [-0.25, -0.2) is 14.8 Å². The summed E-state index contributed by atoms with van der Waals surface area (Å²) in [5, 5.41) is 0. The molecule has 0 fully saturated rings. The van der Waals surface area contributed by atoms with Crippen molar-refractivity contribution >= 4 is 11.2 Å². The molecule has 0 saturated heterocycles. The highest BCUT2D eigenvalue weighted by molar-refractivity contribution is 5.69. The third-order valence-electron chi connectivity index (χ3n) is 3.51. The van der Waals surface area contributed by atoms with Gasteiger partial charge in [0.25, 0.3) is 5.56 Å². The average molecular weight is 246 g/mol. The van der Waals surface area contributed by atoms with Crippen LogP contribution >= 0.6 is 0 Å². The van der Waals surface area contributed by atoms with Crippen LogP contribution in [0.5, 0.6) is 0 Å². The van der Waals surface area contributed by atoms with Gasteiger partial charge in [0.1, 0.15) is 0 Å². The fourth-order valence-corrected chi connectivity index (χ4v) is 2.42. The van der Waals surface area contributed by atoms with E-state index in [0.717, 1.165) is 41.6 Å². The number of rotatable bonds is 0. The van der Waals surface area contributed by atoms with Gasteiger partial charge in [-0.2, -0.15) is 0 Å². The van der Waals surface area contributed by atoms with Crippen LogP contribution in [0.3, 0.4) is 0 Å². The first-order valence-corrected chi connectivity index (χ1v) is 6.05. The van der Waals surface area contributed by atoms with Gasteiger partial charge in [-0.05, 0) is 25.7 Å². The minimum atomic E-state index is -0.367. The molecule has 0 unspecified atom stereocenters. The second kappa shape index (κ2) is 3.76. The Morgan fingerprint density at radius 1 is 0.944 bits per heavy atom. The van der Waals surface area contributed by atoms with Gasteiger partial charge in [0.15, 0.2) is 11.2 Å². The van der Waals surface area contributed by atoms with Crippen molar-refractivity contribution in [2.75, 3.05) is 0 Å². The Hall–Kier alpha value is -1.98. The standard InChI is InChI=1S/C12H14N4O2/c1-15-10-9(11(17)16(2)12(15)18)13-7-5-3-4-6-8(7)14-10/h3-6H2,1-2H3. The summed E-state index contributed by atoms with van der Waals surface area (Å²) in [5.74, 6) is 0. The van der Waals surface area contributed by atoms with E-state index < -0.39 is 0 Å². The van der Waals surface area contributed by atoms with E-state index in [1.165, 1.54) is 11.6 Å². The van der Waals surface area contributed by atoms with E-state index in [0.29, 0.717) is 11.2 Å². The summed E-state index contributed by atoms with van der Waals surface area (Å²) in [6, 6.07) is 0. The first-order valence-electron chi connectivity index (χ1n) is 6.05. The molecule has 0 aromatic carbocycles. The van der Waals surface area contributed by atoms with E-state index in [4.69, 9.17) is 0 Å². The molecular formula is C12H14N4O2. The van der Waals surface area contributed by atoms with E-state index in [2.05, 4.69) is 9.97 Å². The van der Waals surface area contributed by atoms with Crippen molar-refractivity contribution in [2.45, 2.75) is 25.7 Å². The number of aryl methyl sites for hydroxylation is 3. The summed E-state index contributed by atoms with van der Waals surface area (Å²) in [7, 11) is 3.08. The fraction of sp³-hybridized carbons (Fsp3) is 0.500. The minimum absolute atomic E-state index is 0.292. The summed E-state index contributed by atoms with van der Waals surface area (Å²) in [4.78, 5) is 32.8. The average Bonchev–Trinajstić information content (AvgIpc) is 2.41. The molecular weight excluding hydrogens is 232 g/mol. The van der Waals surface area contributed by atoms with Gasteiger partial charge in [0.2, 0.25) is 0 Å². The van der Waals surface area contributed by atoms with Crippen LogP contribution in [0.4, 0.5) is 0 Å². The van der Waals surface area contributed by atoms with Gasteiger partial charge in [0.05, 0.1) is 11.4 Å². The largest absolute Gasteiger partial charge is 0.332 e. The number of hydrogen-bond acceptors (Lipinski definition) is 4. The molecule has 0 spiro atoms. The maximum Gasteiger partial charge on any atom is 0.332 e. The molecule has 0 aliphatic heterocycles. The summed E-state index contributed by atoms with van der Waals surface area (Å²) in [6.45, 7) is 0. The normalized spacial score (nSPS) is 14.8. The highest BCUT2D eigenvalue weighted by Gasteiger charge is 2.17. The molecule has 6 nitrogen and oxygen atoms in total. The zero-order valence-electron chi connectivity index (χ0n) is 10.4. The van der Waals surface area contributed by atoms with E-state index in [1.54, 1.807) is 7.05 Å². The second-order valence-electron chi connectivity index (χ2n) is 4.70. The predicted octanol–water partition coefficient (Wildman–Crippen LogP) is -0.0940. The molecule has 0 radical (unpaired) electrons. The molecule has 1 aliphatic rings. The van der Waals surface area contributed by atoms with Crippen LogP contribution in [0, 0.1) is 0 Å². The van der Waals surface area contributed by atoms with Crippen molar-refractivity contribution < 1.29 is 0 Å². The number of aromatic nitrogens is 4. The van der Waals surface area contributed by atoms with Crippen molar-refractivity contribution in [2.24, 2.45) is 14.1 Å². The first-order chi connectivity index (χ1) is 8.59. The van der Waals surface area contributed by atoms with Gasteiger partial charge in [-0.1, -0.05) is 0 Å². The molecule has 1 aliphatic carbocycles. The fourth-order valence-electron chi connectivity index (χ4n) is 2.42. The second-order valence-corrected chi connectivity index (χ2v) is 4.70. The van der Waals surface area contributed by atoms with Crippen LogP contribution in [0.15, 0.2) is 9.59 Å². The lowest BCUT2D eigenvalue weighted by Gasteiger charge is -2.15. The lowest BCUT2D eigenvalue weighted by Crippen LogP contribution is -2.38. The smallest absolute Gasteiger partial charge is 0.279 e. The Morgan fingerprint density at radius 2 is 1.56 bits per heavy atom. The van der Waals surface area contributed by atoms with Crippen LogP contribution in [0.1, 0.15) is 24.2 Å². The zero-order valence-corrected chi connectivity index (χ0v) is 10.4. The molecule has 0 amide bonds. The minimum Gasteiger partial charge on any atom is -0.279 e. The maximum atomic E-state index is 12.0. The van der Waals surface area contributed by atoms with Gasteiger partial charge in [-0.15, -0.1) is 0 Å². The number of fused-ring (bicyclic) bond motifs is 2. The monoisotopic (exact) mass is 246 g/mol. The highest BCUT2D eigenvalue weighted by atomic mass is 16.2. The molecule has 0 N–H and O–H groups in total. The molecule has 3 rings (SSSR count). The van der Waals surface area contributed by atoms with Gasteiger partial charge in [-0.3, -0.25) is 13.9 Å². The molecule has 2 aromatic heterocycles. The van der Waals surface area contributed by atoms with Crippen LogP contribution in [-0.4, -0.2) is 19.1 Å². The maximum absolute atomic E-state index is 12.0. The lowest BCUT2D eigenvalue weighted by molar-refractivity contribution is 0.643. The SMILES string of the molecule is Cn1c(=O)c2nc3c(nc2n(C)c1=O)CCCC3. The third kappa shape index (κ3) is 1.41. The summed E-state index contributed by atoms with van der Waals surface area (Å²) < 4.78 is 2.46. The van der Waals surface area contributed by atoms with E-state index in [1.807, 2.05) is 0 Å². The van der Waals surface area contributed by atoms with Crippen molar-refractivity contribution in [3.05, 3.63) is 32.2 Å². The summed E-state index contributed by atoms with van der Waals surface area (Å²) in [6.07, 6.45) is 3.91. The topological polar surface area (TPSA) is 69.8 Å². The van der Waals surface area contributed by atoms with Crippen molar-refractivity contribution in [3.8, 4) is 0 Å². The lowest BCUT2D eigenvalue weighted by atomic mass is 10.0. The molecule has 0 saturated carbocycles. The first kappa shape index (κ1) is 11.1. The zero-order chi connectivity index (χ0) is 12.9. The Balaban J connectivity index is 2.48. The van der Waals surface area contributed by atoms with Crippen molar-refractivity contribution in [1.29, 1.82) is 0 Å². The van der Waals surface area contributed by atoms with Crippen LogP contribution in [0.25, 0.3) is 11.2 Å². The predicted molar refractivity (Wildman–Crippen MR) is 66.7 cm³/mol. The molecule has 0 bridgehead atoms. The molecule has 6 heteroatoms. The van der Waals surface area contributed by atoms with E-state index in [9.17, 15) is 9.59 Å². The Bertz CT molecular complexity index is 757. The van der Waals surface area contributed by atoms with Crippen LogP contribution < -0.4 is 11.2 Å². The van der Waals surface area contributed by atoms with Crippen molar-refractivity contribution in [1.82, 2.24) is 19.1 Å².